The molecule has 1 aliphatic rings. The molecule has 3 aromatic heterocycles. The van der Waals surface area contributed by atoms with E-state index in [9.17, 15) is 9.59 Å². The zero-order valence-electron chi connectivity index (χ0n) is 22.1. The summed E-state index contributed by atoms with van der Waals surface area (Å²) in [6.45, 7) is 12.4. The Morgan fingerprint density at radius 3 is 2.56 bits per heavy atom. The lowest BCUT2D eigenvalue weighted by Crippen LogP contribution is -2.34. The van der Waals surface area contributed by atoms with Crippen molar-refractivity contribution in [1.29, 1.82) is 0 Å². The molecule has 4 heterocycles. The third-order valence-corrected chi connectivity index (χ3v) is 6.53. The molecule has 1 amide bonds. The average Bonchev–Trinajstić information content (AvgIpc) is 3.29. The van der Waals surface area contributed by atoms with E-state index in [1.165, 1.54) is 37.5 Å². The van der Waals surface area contributed by atoms with E-state index >= 15 is 0 Å². The molecule has 0 saturated carbocycles. The van der Waals surface area contributed by atoms with Crippen molar-refractivity contribution in [3.8, 4) is 0 Å². The monoisotopic (exact) mass is 489 g/mol. The van der Waals surface area contributed by atoms with Crippen molar-refractivity contribution < 1.29 is 4.79 Å². The Labute approximate surface area is 213 Å². The maximum absolute atomic E-state index is 12.8. The van der Waals surface area contributed by atoms with Crippen molar-refractivity contribution in [3.63, 3.8) is 0 Å². The summed E-state index contributed by atoms with van der Waals surface area (Å²) < 4.78 is 1.61. The van der Waals surface area contributed by atoms with Gasteiger partial charge in [0.25, 0.3) is 11.5 Å². The zero-order valence-corrected chi connectivity index (χ0v) is 22.1. The van der Waals surface area contributed by atoms with Crippen LogP contribution in [0.15, 0.2) is 53.7 Å². The average molecular weight is 490 g/mol. The Balaban J connectivity index is 0.000000305. The number of H-pyrrole nitrogens is 1. The third kappa shape index (κ3) is 6.40. The van der Waals surface area contributed by atoms with Gasteiger partial charge in [-0.3, -0.25) is 14.6 Å². The first kappa shape index (κ1) is 27.1. The quantitative estimate of drug-likeness (QED) is 0.375. The molecule has 1 aliphatic heterocycles. The number of aromatic nitrogens is 3. The molecule has 0 radical (unpaired) electrons. The van der Waals surface area contributed by atoms with Crippen LogP contribution in [0, 0.1) is 5.92 Å². The van der Waals surface area contributed by atoms with Gasteiger partial charge in [-0.2, -0.15) is 0 Å². The summed E-state index contributed by atoms with van der Waals surface area (Å²) >= 11 is 0. The highest BCUT2D eigenvalue weighted by Crippen LogP contribution is 2.19. The first-order chi connectivity index (χ1) is 17.4. The molecule has 192 valence electrons. The van der Waals surface area contributed by atoms with Gasteiger partial charge in [0.15, 0.2) is 0 Å². The van der Waals surface area contributed by atoms with E-state index in [0.717, 1.165) is 34.8 Å². The van der Waals surface area contributed by atoms with Gasteiger partial charge in [0.05, 0.1) is 17.5 Å². The highest BCUT2D eigenvalue weighted by Gasteiger charge is 2.13. The predicted molar refractivity (Wildman–Crippen MR) is 149 cm³/mol. The van der Waals surface area contributed by atoms with Crippen molar-refractivity contribution >= 4 is 27.6 Å². The van der Waals surface area contributed by atoms with E-state index in [1.54, 1.807) is 16.8 Å². The number of aryl methyl sites for hydroxylation is 1. The standard InChI is InChI=1S/C20H18N4O2.C7H15N.C2H6/c1-2-14-8-13-4-3-12(7-18(13)23-14)11-24-6-5-15-16(19(21)25)9-22-10-17(15)20(24)26;1-6-3-4-8-7(2)5-6;1-2/h3-10,23H,2,11H2,1H3,(H2,21,25);6-8H,3-5H2,1-2H3;1-2H3/t;6-,7-;/m.1./s1. The van der Waals surface area contributed by atoms with E-state index in [1.807, 2.05) is 19.9 Å². The minimum absolute atomic E-state index is 0.195. The molecule has 7 nitrogen and oxygen atoms in total. The van der Waals surface area contributed by atoms with E-state index in [4.69, 9.17) is 5.73 Å². The van der Waals surface area contributed by atoms with Crippen LogP contribution in [0.25, 0.3) is 21.7 Å². The van der Waals surface area contributed by atoms with Crippen LogP contribution in [0.3, 0.4) is 0 Å². The van der Waals surface area contributed by atoms with Crippen LogP contribution in [0.2, 0.25) is 0 Å². The van der Waals surface area contributed by atoms with Crippen molar-refractivity contribution in [1.82, 2.24) is 19.9 Å². The Morgan fingerprint density at radius 1 is 1.14 bits per heavy atom. The fourth-order valence-electron chi connectivity index (χ4n) is 4.63. The lowest BCUT2D eigenvalue weighted by atomic mass is 9.96. The van der Waals surface area contributed by atoms with Crippen molar-refractivity contribution in [2.24, 2.45) is 11.7 Å². The van der Waals surface area contributed by atoms with Gasteiger partial charge in [-0.05, 0) is 67.8 Å². The Morgan fingerprint density at radius 2 is 1.92 bits per heavy atom. The van der Waals surface area contributed by atoms with Crippen molar-refractivity contribution in [2.45, 2.75) is 66.5 Å². The first-order valence-corrected chi connectivity index (χ1v) is 13.0. The second kappa shape index (κ2) is 12.5. The smallest absolute Gasteiger partial charge is 0.260 e. The maximum atomic E-state index is 12.8. The molecule has 4 aromatic rings. The normalized spacial score (nSPS) is 17.1. The number of piperidine rings is 1. The number of carbonyl (C=O) groups excluding carboxylic acids is 1. The zero-order chi connectivity index (χ0) is 26.2. The van der Waals surface area contributed by atoms with Crippen LogP contribution in [-0.4, -0.2) is 33.0 Å². The highest BCUT2D eigenvalue weighted by atomic mass is 16.1. The number of aromatic amines is 1. The lowest BCUT2D eigenvalue weighted by Gasteiger charge is -2.24. The molecule has 2 atom stereocenters. The molecule has 1 fully saturated rings. The summed E-state index contributed by atoms with van der Waals surface area (Å²) in [6, 6.07) is 10.8. The fourth-order valence-corrected chi connectivity index (χ4v) is 4.63. The summed E-state index contributed by atoms with van der Waals surface area (Å²) in [5, 5.41) is 5.49. The molecule has 5 rings (SSSR count). The summed E-state index contributed by atoms with van der Waals surface area (Å²) in [5.74, 6) is 0.357. The van der Waals surface area contributed by atoms with Crippen LogP contribution in [0.5, 0.6) is 0 Å². The van der Waals surface area contributed by atoms with Crippen LogP contribution in [0.1, 0.15) is 69.1 Å². The van der Waals surface area contributed by atoms with Gasteiger partial charge in [0, 0.05) is 41.2 Å². The number of hydrogen-bond donors (Lipinski definition) is 3. The molecule has 7 heteroatoms. The number of nitrogens with two attached hydrogens (primary N) is 1. The number of benzene rings is 1. The minimum atomic E-state index is -0.593. The van der Waals surface area contributed by atoms with E-state index in [2.05, 4.69) is 54.3 Å². The third-order valence-electron chi connectivity index (χ3n) is 6.53. The molecule has 0 unspecified atom stereocenters. The Hall–Kier alpha value is -3.45. The fraction of sp³-hybridized carbons (Fsp3) is 0.414. The van der Waals surface area contributed by atoms with E-state index in [-0.39, 0.29) is 11.1 Å². The van der Waals surface area contributed by atoms with Gasteiger partial charge in [-0.1, -0.05) is 39.8 Å². The largest absolute Gasteiger partial charge is 0.366 e. The van der Waals surface area contributed by atoms with Gasteiger partial charge in [-0.15, -0.1) is 0 Å². The van der Waals surface area contributed by atoms with E-state index < -0.39 is 5.91 Å². The summed E-state index contributed by atoms with van der Waals surface area (Å²) in [5.41, 5.74) is 8.69. The number of nitrogens with one attached hydrogen (secondary N) is 2. The molecule has 0 bridgehead atoms. The number of amides is 1. The molecular formula is C29H39N5O2. The van der Waals surface area contributed by atoms with Gasteiger partial charge in [0.1, 0.15) is 0 Å². The topological polar surface area (TPSA) is 106 Å². The highest BCUT2D eigenvalue weighted by molar-refractivity contribution is 6.05. The summed E-state index contributed by atoms with van der Waals surface area (Å²) in [6.07, 6.45) is 8.22. The molecule has 1 aromatic carbocycles. The number of carbonyl (C=O) groups is 1. The minimum Gasteiger partial charge on any atom is -0.366 e. The predicted octanol–water partition coefficient (Wildman–Crippen LogP) is 5.01. The maximum Gasteiger partial charge on any atom is 0.260 e. The molecular weight excluding hydrogens is 450 g/mol. The Kier molecular flexibility index (Phi) is 9.42. The summed E-state index contributed by atoms with van der Waals surface area (Å²) in [4.78, 5) is 31.7. The molecule has 36 heavy (non-hydrogen) atoms. The van der Waals surface area contributed by atoms with Gasteiger partial charge in [-0.25, -0.2) is 0 Å². The van der Waals surface area contributed by atoms with Gasteiger partial charge in [0.2, 0.25) is 0 Å². The van der Waals surface area contributed by atoms with Gasteiger partial charge < -0.3 is 20.6 Å². The Bertz CT molecular complexity index is 1360. The number of nitrogens with zero attached hydrogens (tertiary/aromatic N) is 2. The molecule has 1 saturated heterocycles. The van der Waals surface area contributed by atoms with Gasteiger partial charge >= 0.3 is 0 Å². The van der Waals surface area contributed by atoms with Crippen LogP contribution in [-0.2, 0) is 13.0 Å². The van der Waals surface area contributed by atoms with Crippen LogP contribution in [0.4, 0.5) is 0 Å². The van der Waals surface area contributed by atoms with Crippen LogP contribution >= 0.6 is 0 Å². The lowest BCUT2D eigenvalue weighted by molar-refractivity contribution is 0.100. The SMILES string of the molecule is CC.CCc1cc2ccc(Cn3ccc4c(C(N)=O)cncc4c3=O)cc2[nH]1.C[C@@H]1CCN[C@H](C)C1. The molecule has 0 aliphatic carbocycles. The van der Waals surface area contributed by atoms with Crippen LogP contribution < -0.4 is 16.6 Å². The second-order valence-electron chi connectivity index (χ2n) is 9.32. The van der Waals surface area contributed by atoms with Crippen molar-refractivity contribution in [2.75, 3.05) is 6.54 Å². The number of primary amides is 1. The summed E-state index contributed by atoms with van der Waals surface area (Å²) in [7, 11) is 0. The number of fused-ring (bicyclic) bond motifs is 2. The molecule has 4 N–H and O–H groups in total. The second-order valence-corrected chi connectivity index (χ2v) is 9.32. The number of hydrogen-bond acceptors (Lipinski definition) is 4. The first-order valence-electron chi connectivity index (χ1n) is 13.0. The van der Waals surface area contributed by atoms with E-state index in [0.29, 0.717) is 17.3 Å². The van der Waals surface area contributed by atoms with Crippen molar-refractivity contribution in [3.05, 3.63) is 76.1 Å². The number of pyridine rings is 2. The number of rotatable bonds is 4. The molecule has 0 spiro atoms.